The number of amides is 1. The molecule has 1 saturated heterocycles. The summed E-state index contributed by atoms with van der Waals surface area (Å²) in [5.74, 6) is 0.537. The number of hydrogen-bond donors (Lipinski definition) is 1. The van der Waals surface area contributed by atoms with Gasteiger partial charge >= 0.3 is 0 Å². The van der Waals surface area contributed by atoms with Crippen LogP contribution in [0.25, 0.3) is 0 Å². The quantitative estimate of drug-likeness (QED) is 0.872. The number of carbonyl (C=O) groups is 1. The van der Waals surface area contributed by atoms with Crippen molar-refractivity contribution in [2.75, 3.05) is 32.5 Å². The first-order valence-corrected chi connectivity index (χ1v) is 6.76. The van der Waals surface area contributed by atoms with Gasteiger partial charge in [0.05, 0.1) is 6.61 Å². The Labute approximate surface area is 126 Å². The molecule has 0 bridgehead atoms. The minimum absolute atomic E-state index is 0. The van der Waals surface area contributed by atoms with Gasteiger partial charge in [-0.05, 0) is 43.4 Å². The Morgan fingerprint density at radius 1 is 1.50 bits per heavy atom. The Bertz CT molecular complexity index is 463. The lowest BCUT2D eigenvalue weighted by Crippen LogP contribution is -2.41. The smallest absolute Gasteiger partial charge is 0.254 e. The van der Waals surface area contributed by atoms with E-state index in [0.717, 1.165) is 43.7 Å². The van der Waals surface area contributed by atoms with Gasteiger partial charge in [0.1, 0.15) is 0 Å². The summed E-state index contributed by atoms with van der Waals surface area (Å²) in [7, 11) is 1.71. The number of nitrogens with zero attached hydrogens (tertiary/aromatic N) is 1. The van der Waals surface area contributed by atoms with Crippen molar-refractivity contribution in [1.29, 1.82) is 0 Å². The standard InChI is InChI=1S/C15H22N2O2.ClH/c1-11-5-6-13(16)8-14(11)15(18)17-7-3-4-12(9-17)10-19-2;/h5-6,8,12H,3-4,7,9-10,16H2,1-2H3;1H. The second-order valence-corrected chi connectivity index (χ2v) is 5.29. The Morgan fingerprint density at radius 2 is 2.25 bits per heavy atom. The number of carbonyl (C=O) groups excluding carboxylic acids is 1. The van der Waals surface area contributed by atoms with E-state index in [1.165, 1.54) is 0 Å². The molecule has 1 fully saturated rings. The maximum absolute atomic E-state index is 12.6. The molecule has 1 aromatic rings. The van der Waals surface area contributed by atoms with Crippen LogP contribution in [-0.2, 0) is 4.74 Å². The van der Waals surface area contributed by atoms with E-state index in [4.69, 9.17) is 10.5 Å². The summed E-state index contributed by atoms with van der Waals surface area (Å²) in [5.41, 5.74) is 8.12. The molecule has 4 nitrogen and oxygen atoms in total. The summed E-state index contributed by atoms with van der Waals surface area (Å²) in [6.07, 6.45) is 2.18. The van der Waals surface area contributed by atoms with Gasteiger partial charge in [0.25, 0.3) is 5.91 Å². The molecule has 112 valence electrons. The fourth-order valence-electron chi connectivity index (χ4n) is 2.66. The fraction of sp³-hybridized carbons (Fsp3) is 0.533. The van der Waals surface area contributed by atoms with Crippen LogP contribution in [0.15, 0.2) is 18.2 Å². The van der Waals surface area contributed by atoms with Gasteiger partial charge in [-0.25, -0.2) is 0 Å². The minimum Gasteiger partial charge on any atom is -0.399 e. The van der Waals surface area contributed by atoms with E-state index in [1.807, 2.05) is 24.0 Å². The van der Waals surface area contributed by atoms with Crippen LogP contribution >= 0.6 is 12.4 Å². The van der Waals surface area contributed by atoms with Gasteiger partial charge in [0, 0.05) is 31.5 Å². The highest BCUT2D eigenvalue weighted by Gasteiger charge is 2.25. The first kappa shape index (κ1) is 16.8. The number of hydrogen-bond acceptors (Lipinski definition) is 3. The van der Waals surface area contributed by atoms with E-state index in [2.05, 4.69) is 0 Å². The van der Waals surface area contributed by atoms with Crippen molar-refractivity contribution in [2.24, 2.45) is 5.92 Å². The average Bonchev–Trinajstić information content (AvgIpc) is 2.41. The van der Waals surface area contributed by atoms with Crippen molar-refractivity contribution >= 4 is 24.0 Å². The zero-order valence-electron chi connectivity index (χ0n) is 12.1. The number of nitrogens with two attached hydrogens (primary N) is 1. The van der Waals surface area contributed by atoms with Crippen molar-refractivity contribution in [1.82, 2.24) is 4.90 Å². The molecule has 1 unspecified atom stereocenters. The number of piperidine rings is 1. The second kappa shape index (κ2) is 7.50. The Morgan fingerprint density at radius 3 is 2.95 bits per heavy atom. The van der Waals surface area contributed by atoms with Crippen LogP contribution in [0.3, 0.4) is 0 Å². The number of likely N-dealkylation sites (tertiary alicyclic amines) is 1. The number of methoxy groups -OCH3 is 1. The van der Waals surface area contributed by atoms with Crippen LogP contribution < -0.4 is 5.73 Å². The molecule has 0 radical (unpaired) electrons. The third-order valence-electron chi connectivity index (χ3n) is 3.70. The predicted molar refractivity (Wildman–Crippen MR) is 83.3 cm³/mol. The van der Waals surface area contributed by atoms with Crippen LogP contribution in [0.5, 0.6) is 0 Å². The Balaban J connectivity index is 0.00000200. The molecule has 1 atom stereocenters. The van der Waals surface area contributed by atoms with E-state index in [0.29, 0.717) is 11.6 Å². The number of ether oxygens (including phenoxy) is 1. The molecular formula is C15H23ClN2O2. The summed E-state index contributed by atoms with van der Waals surface area (Å²) in [6, 6.07) is 5.51. The molecule has 1 aliphatic heterocycles. The highest BCUT2D eigenvalue weighted by atomic mass is 35.5. The van der Waals surface area contributed by atoms with Crippen molar-refractivity contribution in [3.8, 4) is 0 Å². The molecule has 1 amide bonds. The topological polar surface area (TPSA) is 55.6 Å². The van der Waals surface area contributed by atoms with Crippen LogP contribution in [0.4, 0.5) is 5.69 Å². The van der Waals surface area contributed by atoms with Gasteiger partial charge < -0.3 is 15.4 Å². The number of aryl methyl sites for hydroxylation is 1. The van der Waals surface area contributed by atoms with Gasteiger partial charge in [-0.2, -0.15) is 0 Å². The average molecular weight is 299 g/mol. The summed E-state index contributed by atoms with van der Waals surface area (Å²) in [5, 5.41) is 0. The molecular weight excluding hydrogens is 276 g/mol. The van der Waals surface area contributed by atoms with Crippen molar-refractivity contribution in [3.05, 3.63) is 29.3 Å². The molecule has 0 saturated carbocycles. The molecule has 1 aromatic carbocycles. The first-order chi connectivity index (χ1) is 9.11. The van der Waals surface area contributed by atoms with Gasteiger partial charge in [-0.1, -0.05) is 6.07 Å². The molecule has 0 spiro atoms. The largest absolute Gasteiger partial charge is 0.399 e. The third-order valence-corrected chi connectivity index (χ3v) is 3.70. The third kappa shape index (κ3) is 3.87. The van der Waals surface area contributed by atoms with Crippen LogP contribution in [0.2, 0.25) is 0 Å². The van der Waals surface area contributed by atoms with Crippen LogP contribution in [0.1, 0.15) is 28.8 Å². The molecule has 2 N–H and O–H groups in total. The number of anilines is 1. The minimum atomic E-state index is 0. The molecule has 1 aliphatic rings. The SMILES string of the molecule is COCC1CCCN(C(=O)c2cc(N)ccc2C)C1.Cl. The number of halogens is 1. The first-order valence-electron chi connectivity index (χ1n) is 6.76. The zero-order chi connectivity index (χ0) is 13.8. The Hall–Kier alpha value is -1.26. The molecule has 2 rings (SSSR count). The van der Waals surface area contributed by atoms with Crippen molar-refractivity contribution in [2.45, 2.75) is 19.8 Å². The van der Waals surface area contributed by atoms with E-state index in [9.17, 15) is 4.79 Å². The molecule has 0 aliphatic carbocycles. The highest BCUT2D eigenvalue weighted by Crippen LogP contribution is 2.21. The van der Waals surface area contributed by atoms with Gasteiger partial charge in [-0.15, -0.1) is 12.4 Å². The lowest BCUT2D eigenvalue weighted by atomic mass is 9.97. The van der Waals surface area contributed by atoms with Gasteiger partial charge in [0.15, 0.2) is 0 Å². The maximum Gasteiger partial charge on any atom is 0.254 e. The molecule has 5 heteroatoms. The van der Waals surface area contributed by atoms with Crippen molar-refractivity contribution in [3.63, 3.8) is 0 Å². The van der Waals surface area contributed by atoms with Crippen LogP contribution in [0, 0.1) is 12.8 Å². The van der Waals surface area contributed by atoms with Gasteiger partial charge in [0.2, 0.25) is 0 Å². The summed E-state index contributed by atoms with van der Waals surface area (Å²) >= 11 is 0. The van der Waals surface area contributed by atoms with E-state index in [-0.39, 0.29) is 18.3 Å². The second-order valence-electron chi connectivity index (χ2n) is 5.29. The number of rotatable bonds is 3. The zero-order valence-corrected chi connectivity index (χ0v) is 12.9. The van der Waals surface area contributed by atoms with E-state index >= 15 is 0 Å². The maximum atomic E-state index is 12.6. The molecule has 20 heavy (non-hydrogen) atoms. The molecule has 1 heterocycles. The Kier molecular flexibility index (Phi) is 6.30. The van der Waals surface area contributed by atoms with E-state index < -0.39 is 0 Å². The highest BCUT2D eigenvalue weighted by molar-refractivity contribution is 5.96. The molecule has 0 aromatic heterocycles. The van der Waals surface area contributed by atoms with Crippen LogP contribution in [-0.4, -0.2) is 37.6 Å². The van der Waals surface area contributed by atoms with Crippen molar-refractivity contribution < 1.29 is 9.53 Å². The van der Waals surface area contributed by atoms with E-state index in [1.54, 1.807) is 13.2 Å². The normalized spacial score (nSPS) is 18.5. The summed E-state index contributed by atoms with van der Waals surface area (Å²) in [6.45, 7) is 4.27. The lowest BCUT2D eigenvalue weighted by molar-refractivity contribution is 0.0570. The van der Waals surface area contributed by atoms with Gasteiger partial charge in [-0.3, -0.25) is 4.79 Å². The fourth-order valence-corrected chi connectivity index (χ4v) is 2.66. The summed E-state index contributed by atoms with van der Waals surface area (Å²) < 4.78 is 5.20. The monoisotopic (exact) mass is 298 g/mol. The lowest BCUT2D eigenvalue weighted by Gasteiger charge is -2.32. The summed E-state index contributed by atoms with van der Waals surface area (Å²) in [4.78, 5) is 14.5. The number of nitrogen functional groups attached to an aromatic ring is 1. The number of benzene rings is 1. The predicted octanol–water partition coefficient (Wildman–Crippen LogP) is 2.50.